The van der Waals surface area contributed by atoms with Gasteiger partial charge in [0.25, 0.3) is 0 Å². The Labute approximate surface area is 117 Å². The minimum atomic E-state index is -0.539. The van der Waals surface area contributed by atoms with Crippen molar-refractivity contribution in [2.75, 3.05) is 11.4 Å². The average molecular weight is 284 g/mol. The monoisotopic (exact) mass is 283 g/mol. The van der Waals surface area contributed by atoms with Crippen molar-refractivity contribution in [1.82, 2.24) is 0 Å². The Morgan fingerprint density at radius 2 is 2.11 bits per heavy atom. The van der Waals surface area contributed by atoms with E-state index in [-0.39, 0.29) is 5.75 Å². The molecule has 0 atom stereocenters. The van der Waals surface area contributed by atoms with Gasteiger partial charge in [-0.25, -0.2) is 4.79 Å². The summed E-state index contributed by atoms with van der Waals surface area (Å²) in [6.45, 7) is 6.07. The Bertz CT molecular complexity index is 508. The Morgan fingerprint density at radius 3 is 2.74 bits per heavy atom. The van der Waals surface area contributed by atoms with Crippen LogP contribution in [0.2, 0.25) is 5.02 Å². The van der Waals surface area contributed by atoms with Crippen molar-refractivity contribution in [3.8, 4) is 5.75 Å². The van der Waals surface area contributed by atoms with E-state index in [1.807, 2.05) is 20.8 Å². The highest BCUT2D eigenvalue weighted by atomic mass is 35.5. The van der Waals surface area contributed by atoms with Gasteiger partial charge in [0.1, 0.15) is 11.4 Å². The van der Waals surface area contributed by atoms with Crippen LogP contribution in [0.4, 0.5) is 10.5 Å². The minimum absolute atomic E-state index is 0.0624. The van der Waals surface area contributed by atoms with Crippen LogP contribution in [0, 0.1) is 0 Å². The van der Waals surface area contributed by atoms with Gasteiger partial charge < -0.3 is 9.84 Å². The van der Waals surface area contributed by atoms with E-state index in [1.165, 1.54) is 0 Å². The summed E-state index contributed by atoms with van der Waals surface area (Å²) in [4.78, 5) is 13.7. The third kappa shape index (κ3) is 2.95. The lowest BCUT2D eigenvalue weighted by Crippen LogP contribution is -2.39. The number of halogens is 1. The van der Waals surface area contributed by atoms with Gasteiger partial charge in [-0.3, -0.25) is 4.90 Å². The van der Waals surface area contributed by atoms with E-state index in [4.69, 9.17) is 16.3 Å². The Balaban J connectivity index is 2.33. The molecule has 1 N–H and O–H groups in total. The number of nitrogens with zero attached hydrogens (tertiary/aromatic N) is 1. The molecule has 1 heterocycles. The first kappa shape index (κ1) is 14.0. The van der Waals surface area contributed by atoms with Gasteiger partial charge in [-0.1, -0.05) is 11.6 Å². The van der Waals surface area contributed by atoms with Crippen molar-refractivity contribution in [2.24, 2.45) is 0 Å². The molecule has 1 aromatic rings. The number of ether oxygens (including phenoxy) is 1. The van der Waals surface area contributed by atoms with Gasteiger partial charge in [0.05, 0.1) is 10.7 Å². The van der Waals surface area contributed by atoms with Crippen LogP contribution < -0.4 is 4.90 Å². The maximum atomic E-state index is 12.2. The standard InChI is InChI=1S/C14H18ClNO3/c1-14(2,3)19-13(18)16-8-4-5-9-11(16)7-6-10(15)12(9)17/h6-7,17H,4-5,8H2,1-3H3. The summed E-state index contributed by atoms with van der Waals surface area (Å²) in [5.74, 6) is 0.0624. The molecule has 0 unspecified atom stereocenters. The zero-order chi connectivity index (χ0) is 14.2. The molecule has 2 rings (SSSR count). The number of anilines is 1. The van der Waals surface area contributed by atoms with Gasteiger partial charge >= 0.3 is 6.09 Å². The summed E-state index contributed by atoms with van der Waals surface area (Å²) >= 11 is 5.89. The second kappa shape index (κ2) is 4.93. The van der Waals surface area contributed by atoms with Gasteiger partial charge in [-0.2, -0.15) is 0 Å². The lowest BCUT2D eigenvalue weighted by Gasteiger charge is -2.32. The smallest absolute Gasteiger partial charge is 0.414 e. The number of benzene rings is 1. The number of hydrogen-bond acceptors (Lipinski definition) is 3. The maximum Gasteiger partial charge on any atom is 0.414 e. The first-order chi connectivity index (χ1) is 8.79. The largest absolute Gasteiger partial charge is 0.506 e. The van der Waals surface area contributed by atoms with Crippen LogP contribution in [0.25, 0.3) is 0 Å². The van der Waals surface area contributed by atoms with Gasteiger partial charge in [0, 0.05) is 12.1 Å². The van der Waals surface area contributed by atoms with Crippen molar-refractivity contribution in [3.05, 3.63) is 22.7 Å². The summed E-state index contributed by atoms with van der Waals surface area (Å²) in [6, 6.07) is 3.35. The SMILES string of the molecule is CC(C)(C)OC(=O)N1CCCc2c1ccc(Cl)c2O. The molecule has 0 spiro atoms. The molecule has 1 aliphatic rings. The van der Waals surface area contributed by atoms with E-state index in [2.05, 4.69) is 0 Å². The third-order valence-corrected chi connectivity index (χ3v) is 3.23. The average Bonchev–Trinajstić information content (AvgIpc) is 2.31. The molecule has 19 heavy (non-hydrogen) atoms. The minimum Gasteiger partial charge on any atom is -0.506 e. The molecule has 0 aromatic heterocycles. The molecule has 0 bridgehead atoms. The number of carbonyl (C=O) groups is 1. The molecule has 0 fully saturated rings. The summed E-state index contributed by atoms with van der Waals surface area (Å²) < 4.78 is 5.38. The van der Waals surface area contributed by atoms with Crippen LogP contribution >= 0.6 is 11.6 Å². The van der Waals surface area contributed by atoms with E-state index in [9.17, 15) is 9.90 Å². The van der Waals surface area contributed by atoms with Crippen LogP contribution in [-0.4, -0.2) is 23.3 Å². The molecule has 0 saturated heterocycles. The second-order valence-corrected chi connectivity index (χ2v) is 6.04. The van der Waals surface area contributed by atoms with Crippen LogP contribution in [0.5, 0.6) is 5.75 Å². The van der Waals surface area contributed by atoms with Crippen molar-refractivity contribution in [3.63, 3.8) is 0 Å². The predicted molar refractivity (Wildman–Crippen MR) is 75.0 cm³/mol. The van der Waals surface area contributed by atoms with E-state index < -0.39 is 11.7 Å². The zero-order valence-corrected chi connectivity index (χ0v) is 12.1. The van der Waals surface area contributed by atoms with Crippen molar-refractivity contribution in [1.29, 1.82) is 0 Å². The fraction of sp³-hybridized carbons (Fsp3) is 0.500. The third-order valence-electron chi connectivity index (χ3n) is 2.92. The number of amides is 1. The topological polar surface area (TPSA) is 49.8 Å². The predicted octanol–water partition coefficient (Wildman–Crippen LogP) is 3.73. The lowest BCUT2D eigenvalue weighted by atomic mass is 10.0. The summed E-state index contributed by atoms with van der Waals surface area (Å²) in [6.07, 6.45) is 1.09. The quantitative estimate of drug-likeness (QED) is 0.789. The molecule has 1 amide bonds. The first-order valence-electron chi connectivity index (χ1n) is 6.30. The molecule has 4 nitrogen and oxygen atoms in total. The molecular weight excluding hydrogens is 266 g/mol. The molecule has 0 aliphatic carbocycles. The van der Waals surface area contributed by atoms with Gasteiger partial charge in [-0.15, -0.1) is 0 Å². The highest BCUT2D eigenvalue weighted by Gasteiger charge is 2.29. The highest BCUT2D eigenvalue weighted by Crippen LogP contribution is 2.38. The number of fused-ring (bicyclic) bond motifs is 1. The van der Waals surface area contributed by atoms with Crippen LogP contribution in [0.1, 0.15) is 32.8 Å². The van der Waals surface area contributed by atoms with E-state index in [1.54, 1.807) is 17.0 Å². The number of carbonyl (C=O) groups excluding carboxylic acids is 1. The fourth-order valence-electron chi connectivity index (χ4n) is 2.14. The Kier molecular flexibility index (Phi) is 3.63. The molecule has 0 radical (unpaired) electrons. The van der Waals surface area contributed by atoms with Crippen LogP contribution in [0.3, 0.4) is 0 Å². The fourth-order valence-corrected chi connectivity index (χ4v) is 2.31. The molecule has 1 aromatic carbocycles. The van der Waals surface area contributed by atoms with E-state index >= 15 is 0 Å². The van der Waals surface area contributed by atoms with Crippen LogP contribution in [-0.2, 0) is 11.2 Å². The van der Waals surface area contributed by atoms with Crippen molar-refractivity contribution < 1.29 is 14.6 Å². The summed E-state index contributed by atoms with van der Waals surface area (Å²) in [7, 11) is 0. The number of phenols is 1. The van der Waals surface area contributed by atoms with E-state index in [0.717, 1.165) is 6.42 Å². The zero-order valence-electron chi connectivity index (χ0n) is 11.4. The van der Waals surface area contributed by atoms with Crippen molar-refractivity contribution in [2.45, 2.75) is 39.2 Å². The summed E-state index contributed by atoms with van der Waals surface area (Å²) in [5.41, 5.74) is 0.857. The molecule has 0 saturated carbocycles. The molecule has 5 heteroatoms. The van der Waals surface area contributed by atoms with Gasteiger partial charge in [-0.05, 0) is 45.7 Å². The van der Waals surface area contributed by atoms with Crippen molar-refractivity contribution >= 4 is 23.4 Å². The van der Waals surface area contributed by atoms with Gasteiger partial charge in [0.15, 0.2) is 0 Å². The Hall–Kier alpha value is -1.42. The van der Waals surface area contributed by atoms with Gasteiger partial charge in [0.2, 0.25) is 0 Å². The Morgan fingerprint density at radius 1 is 1.42 bits per heavy atom. The molecule has 104 valence electrons. The first-order valence-corrected chi connectivity index (χ1v) is 6.68. The van der Waals surface area contributed by atoms with Crippen LogP contribution in [0.15, 0.2) is 12.1 Å². The highest BCUT2D eigenvalue weighted by molar-refractivity contribution is 6.32. The number of aromatic hydroxyl groups is 1. The number of phenolic OH excluding ortho intramolecular Hbond substituents is 1. The van der Waals surface area contributed by atoms with E-state index in [0.29, 0.717) is 29.2 Å². The second-order valence-electron chi connectivity index (χ2n) is 5.63. The molecule has 1 aliphatic heterocycles. The maximum absolute atomic E-state index is 12.2. The summed E-state index contributed by atoms with van der Waals surface area (Å²) in [5, 5.41) is 10.3. The number of hydrogen-bond donors (Lipinski definition) is 1. The normalized spacial score (nSPS) is 15.1. The number of rotatable bonds is 0. The lowest BCUT2D eigenvalue weighted by molar-refractivity contribution is 0.0578. The molecular formula is C14H18ClNO3.